The van der Waals surface area contributed by atoms with Crippen LogP contribution in [0.1, 0.15) is 15.9 Å². The Morgan fingerprint density at radius 2 is 1.85 bits per heavy atom. The summed E-state index contributed by atoms with van der Waals surface area (Å²) in [6.45, 7) is 0.749. The molecule has 0 saturated heterocycles. The van der Waals surface area contributed by atoms with E-state index in [2.05, 4.69) is 15.6 Å². The van der Waals surface area contributed by atoms with Crippen molar-refractivity contribution in [3.05, 3.63) is 87.2 Å². The lowest BCUT2D eigenvalue weighted by atomic mass is 10.1. The van der Waals surface area contributed by atoms with E-state index in [9.17, 15) is 9.59 Å². The van der Waals surface area contributed by atoms with Gasteiger partial charge in [-0.3, -0.25) is 9.59 Å². The van der Waals surface area contributed by atoms with E-state index < -0.39 is 11.5 Å². The van der Waals surface area contributed by atoms with Gasteiger partial charge >= 0.3 is 0 Å². The summed E-state index contributed by atoms with van der Waals surface area (Å²) in [5, 5.41) is 6.37. The van der Waals surface area contributed by atoms with Crippen molar-refractivity contribution >= 4 is 23.2 Å². The molecule has 132 valence electrons. The average Bonchev–Trinajstić information content (AvgIpc) is 2.63. The smallest absolute Gasteiger partial charge is 0.261 e. The molecular formula is C20H18ClN3O2. The van der Waals surface area contributed by atoms with Crippen LogP contribution in [0.25, 0.3) is 11.3 Å². The zero-order valence-corrected chi connectivity index (χ0v) is 14.9. The van der Waals surface area contributed by atoms with Crippen molar-refractivity contribution < 1.29 is 4.79 Å². The summed E-state index contributed by atoms with van der Waals surface area (Å²) in [6, 6.07) is 17.8. The highest BCUT2D eigenvalue weighted by atomic mass is 35.5. The summed E-state index contributed by atoms with van der Waals surface area (Å²) in [5.74, 6) is -0.453. The van der Waals surface area contributed by atoms with Crippen LogP contribution in [0.15, 0.2) is 65.5 Å². The summed E-state index contributed by atoms with van der Waals surface area (Å²) in [7, 11) is 1.87. The molecule has 0 fully saturated rings. The van der Waals surface area contributed by atoms with E-state index in [1.54, 1.807) is 36.4 Å². The van der Waals surface area contributed by atoms with E-state index in [1.807, 2.05) is 25.2 Å². The molecule has 2 aromatic carbocycles. The third-order valence-electron chi connectivity index (χ3n) is 3.88. The maximum absolute atomic E-state index is 12.4. The Kier molecular flexibility index (Phi) is 5.51. The maximum Gasteiger partial charge on any atom is 0.261 e. The predicted octanol–water partition coefficient (Wildman–Crippen LogP) is 3.67. The van der Waals surface area contributed by atoms with E-state index in [-0.39, 0.29) is 5.56 Å². The van der Waals surface area contributed by atoms with Crippen LogP contribution in [0.5, 0.6) is 0 Å². The number of nitrogens with one attached hydrogen (secondary N) is 3. The lowest BCUT2D eigenvalue weighted by Crippen LogP contribution is -2.23. The second kappa shape index (κ2) is 7.99. The first kappa shape index (κ1) is 17.9. The highest BCUT2D eigenvalue weighted by molar-refractivity contribution is 6.30. The highest BCUT2D eigenvalue weighted by Gasteiger charge is 2.12. The number of H-pyrrole nitrogens is 1. The normalized spacial score (nSPS) is 10.5. The number of carbonyl (C=O) groups is 1. The van der Waals surface area contributed by atoms with Crippen molar-refractivity contribution in [2.75, 3.05) is 12.4 Å². The van der Waals surface area contributed by atoms with E-state index in [4.69, 9.17) is 11.6 Å². The number of hydrogen-bond donors (Lipinski definition) is 3. The predicted molar refractivity (Wildman–Crippen MR) is 105 cm³/mol. The summed E-state index contributed by atoms with van der Waals surface area (Å²) < 4.78 is 0. The number of anilines is 1. The summed E-state index contributed by atoms with van der Waals surface area (Å²) in [6.07, 6.45) is 0. The van der Waals surface area contributed by atoms with Crippen molar-refractivity contribution in [3.63, 3.8) is 0 Å². The van der Waals surface area contributed by atoms with Crippen molar-refractivity contribution in [2.45, 2.75) is 6.54 Å². The number of pyridine rings is 1. The monoisotopic (exact) mass is 367 g/mol. The van der Waals surface area contributed by atoms with Crippen molar-refractivity contribution in [1.29, 1.82) is 0 Å². The molecule has 1 amide bonds. The van der Waals surface area contributed by atoms with Gasteiger partial charge in [-0.25, -0.2) is 0 Å². The lowest BCUT2D eigenvalue weighted by Gasteiger charge is -2.07. The minimum atomic E-state index is -0.453. The van der Waals surface area contributed by atoms with E-state index in [0.29, 0.717) is 16.4 Å². The molecule has 3 rings (SSSR count). The molecule has 26 heavy (non-hydrogen) atoms. The first-order valence-electron chi connectivity index (χ1n) is 8.11. The molecule has 3 N–H and O–H groups in total. The molecule has 0 radical (unpaired) electrons. The van der Waals surface area contributed by atoms with Gasteiger partial charge in [0, 0.05) is 22.9 Å². The molecule has 0 aliphatic rings. The van der Waals surface area contributed by atoms with Gasteiger partial charge in [0.25, 0.3) is 11.5 Å². The molecule has 0 aliphatic heterocycles. The van der Waals surface area contributed by atoms with Crippen LogP contribution in [0.3, 0.4) is 0 Å². The van der Waals surface area contributed by atoms with Gasteiger partial charge in [0.1, 0.15) is 5.56 Å². The van der Waals surface area contributed by atoms with Crippen molar-refractivity contribution in [1.82, 2.24) is 10.3 Å². The minimum absolute atomic E-state index is 0.0510. The summed E-state index contributed by atoms with van der Waals surface area (Å²) in [5.41, 5.74) is 2.72. The molecule has 0 unspecified atom stereocenters. The second-order valence-electron chi connectivity index (χ2n) is 5.81. The molecule has 3 aromatic rings. The zero-order chi connectivity index (χ0) is 18.5. The van der Waals surface area contributed by atoms with Crippen LogP contribution < -0.4 is 16.2 Å². The summed E-state index contributed by atoms with van der Waals surface area (Å²) in [4.78, 5) is 27.4. The Bertz CT molecular complexity index is 981. The first-order valence-corrected chi connectivity index (χ1v) is 8.49. The molecule has 0 spiro atoms. The fourth-order valence-corrected chi connectivity index (χ4v) is 2.78. The number of aromatic nitrogens is 1. The molecule has 1 heterocycles. The van der Waals surface area contributed by atoms with Crippen LogP contribution in [0.2, 0.25) is 5.02 Å². The van der Waals surface area contributed by atoms with Gasteiger partial charge in [-0.1, -0.05) is 35.9 Å². The maximum atomic E-state index is 12.4. The Labute approximate surface area is 156 Å². The van der Waals surface area contributed by atoms with Crippen molar-refractivity contribution in [3.8, 4) is 11.3 Å². The average molecular weight is 368 g/mol. The fourth-order valence-electron chi connectivity index (χ4n) is 2.59. The third-order valence-corrected chi connectivity index (χ3v) is 4.12. The molecule has 0 saturated carbocycles. The number of rotatable bonds is 5. The SMILES string of the molecule is CNCc1ccc(NC(=O)c2ccc(-c3cccc(Cl)c3)[nH]c2=O)cc1. The van der Waals surface area contributed by atoms with Gasteiger partial charge < -0.3 is 15.6 Å². The molecule has 0 bridgehead atoms. The van der Waals surface area contributed by atoms with Crippen LogP contribution in [0, 0.1) is 0 Å². The Morgan fingerprint density at radius 1 is 1.08 bits per heavy atom. The second-order valence-corrected chi connectivity index (χ2v) is 6.24. The molecule has 1 aromatic heterocycles. The number of carbonyl (C=O) groups excluding carboxylic acids is 1. The molecule has 5 nitrogen and oxygen atoms in total. The van der Waals surface area contributed by atoms with E-state index in [0.717, 1.165) is 17.7 Å². The lowest BCUT2D eigenvalue weighted by molar-refractivity contribution is 0.102. The molecule has 0 aliphatic carbocycles. The Hall–Kier alpha value is -2.89. The minimum Gasteiger partial charge on any atom is -0.322 e. The fraction of sp³-hybridized carbons (Fsp3) is 0.100. The Balaban J connectivity index is 1.78. The molecule has 6 heteroatoms. The van der Waals surface area contributed by atoms with Crippen LogP contribution in [-0.4, -0.2) is 17.9 Å². The highest BCUT2D eigenvalue weighted by Crippen LogP contribution is 2.20. The first-order chi connectivity index (χ1) is 12.6. The van der Waals surface area contributed by atoms with Gasteiger partial charge in [-0.15, -0.1) is 0 Å². The molecular weight excluding hydrogens is 350 g/mol. The van der Waals surface area contributed by atoms with Gasteiger partial charge in [0.05, 0.1) is 0 Å². The number of hydrogen-bond acceptors (Lipinski definition) is 3. The summed E-state index contributed by atoms with van der Waals surface area (Å²) >= 11 is 5.98. The number of halogens is 1. The number of benzene rings is 2. The Morgan fingerprint density at radius 3 is 2.50 bits per heavy atom. The third kappa shape index (κ3) is 4.20. The van der Waals surface area contributed by atoms with Gasteiger partial charge in [0.2, 0.25) is 0 Å². The van der Waals surface area contributed by atoms with Crippen LogP contribution in [0.4, 0.5) is 5.69 Å². The van der Waals surface area contributed by atoms with Crippen molar-refractivity contribution in [2.24, 2.45) is 0 Å². The largest absolute Gasteiger partial charge is 0.322 e. The van der Waals surface area contributed by atoms with E-state index in [1.165, 1.54) is 6.07 Å². The topological polar surface area (TPSA) is 74.0 Å². The number of amides is 1. The van der Waals surface area contributed by atoms with Crippen LogP contribution in [-0.2, 0) is 6.54 Å². The standard InChI is InChI=1S/C20H18ClN3O2/c1-22-12-13-5-7-16(8-6-13)23-19(25)17-9-10-18(24-20(17)26)14-3-2-4-15(21)11-14/h2-11,22H,12H2,1H3,(H,23,25)(H,24,26). The number of aromatic amines is 1. The van der Waals surface area contributed by atoms with Crippen LogP contribution >= 0.6 is 11.6 Å². The van der Waals surface area contributed by atoms with E-state index >= 15 is 0 Å². The van der Waals surface area contributed by atoms with Gasteiger partial charge in [-0.05, 0) is 54.6 Å². The zero-order valence-electron chi connectivity index (χ0n) is 14.2. The van der Waals surface area contributed by atoms with Gasteiger partial charge in [0.15, 0.2) is 0 Å². The quantitative estimate of drug-likeness (QED) is 0.644. The molecule has 0 atom stereocenters. The van der Waals surface area contributed by atoms with Gasteiger partial charge in [-0.2, -0.15) is 0 Å².